The molecule has 5 nitrogen and oxygen atoms in total. The third-order valence-electron chi connectivity index (χ3n) is 3.21. The molecule has 2 N–H and O–H groups in total. The molecule has 0 aliphatic carbocycles. The van der Waals surface area contributed by atoms with Crippen molar-refractivity contribution < 1.29 is 26.9 Å². The molecule has 1 aromatic rings. The average Bonchev–Trinajstić information content (AvgIpc) is 2.41. The van der Waals surface area contributed by atoms with Crippen LogP contribution in [0.25, 0.3) is 0 Å². The van der Waals surface area contributed by atoms with E-state index in [2.05, 4.69) is 9.10 Å². The summed E-state index contributed by atoms with van der Waals surface area (Å²) in [4.78, 5) is 11.4. The number of amides is 1. The fourth-order valence-electron chi connectivity index (χ4n) is 2.06. The zero-order chi connectivity index (χ0) is 16.4. The lowest BCUT2D eigenvalue weighted by atomic mass is 10.1. The van der Waals surface area contributed by atoms with E-state index in [0.29, 0.717) is 0 Å². The molecule has 0 fully saturated rings. The quantitative estimate of drug-likeness (QED) is 0.910. The van der Waals surface area contributed by atoms with Gasteiger partial charge in [0, 0.05) is 11.5 Å². The largest absolute Gasteiger partial charge is 0.573 e. The molecule has 122 valence electrons. The molecule has 0 aromatic heterocycles. The van der Waals surface area contributed by atoms with E-state index in [-0.39, 0.29) is 35.7 Å². The fourth-order valence-corrected chi connectivity index (χ4v) is 4.07. The summed E-state index contributed by atoms with van der Waals surface area (Å²) < 4.78 is 57.0. The molecule has 1 heterocycles. The normalized spacial score (nSPS) is 25.6. The lowest BCUT2D eigenvalue weighted by Crippen LogP contribution is -2.37. The van der Waals surface area contributed by atoms with Crippen LogP contribution < -0.4 is 10.5 Å². The Morgan fingerprint density at radius 3 is 2.68 bits per heavy atom. The Kier molecular flexibility index (Phi) is 4.76. The molecule has 1 aliphatic rings. The fraction of sp³-hybridized carbons (Fsp3) is 0.462. The van der Waals surface area contributed by atoms with Crippen LogP contribution in [-0.2, 0) is 20.9 Å². The van der Waals surface area contributed by atoms with Crippen molar-refractivity contribution in [3.8, 4) is 5.75 Å². The maximum Gasteiger partial charge on any atom is 0.573 e. The van der Waals surface area contributed by atoms with Gasteiger partial charge in [-0.2, -0.15) is 4.36 Å². The first kappa shape index (κ1) is 16.8. The highest BCUT2D eigenvalue weighted by Gasteiger charge is 2.32. The second-order valence-electron chi connectivity index (χ2n) is 4.91. The number of rotatable bonds is 4. The number of ether oxygens (including phenoxy) is 1. The molecule has 1 aliphatic heterocycles. The standard InChI is InChI=1S/C13H15F3N2O3S/c14-13(15,16)21-11-4-2-1-3-9(11)5-7-22(20)8-6-10(17)12(19)18-22/h1-4,10H,5-8,17H2/t10-,22?/m0/s1. The molecule has 1 aromatic carbocycles. The predicted molar refractivity (Wildman–Crippen MR) is 74.7 cm³/mol. The number of benzene rings is 1. The van der Waals surface area contributed by atoms with Crippen LogP contribution in [0.3, 0.4) is 0 Å². The SMILES string of the molecule is N[C@H]1CCS(=O)(CCc2ccccc2OC(F)(F)F)=NC1=O. The van der Waals surface area contributed by atoms with Crippen molar-refractivity contribution in [2.24, 2.45) is 10.1 Å². The summed E-state index contributed by atoms with van der Waals surface area (Å²) in [5.74, 6) is -0.792. The number of nitrogens with two attached hydrogens (primary N) is 1. The Labute approximate surface area is 125 Å². The summed E-state index contributed by atoms with van der Waals surface area (Å²) in [5, 5.41) is 0. The van der Waals surface area contributed by atoms with Crippen molar-refractivity contribution in [1.29, 1.82) is 0 Å². The van der Waals surface area contributed by atoms with Crippen LogP contribution in [0.15, 0.2) is 28.6 Å². The minimum atomic E-state index is -4.80. The van der Waals surface area contributed by atoms with Crippen molar-refractivity contribution in [3.63, 3.8) is 0 Å². The number of halogens is 3. The topological polar surface area (TPSA) is 81.8 Å². The lowest BCUT2D eigenvalue weighted by molar-refractivity contribution is -0.274. The van der Waals surface area contributed by atoms with Crippen molar-refractivity contribution in [2.75, 3.05) is 11.5 Å². The second kappa shape index (κ2) is 6.25. The summed E-state index contributed by atoms with van der Waals surface area (Å²) in [6.45, 7) is 0. The predicted octanol–water partition coefficient (Wildman–Crippen LogP) is 1.85. The zero-order valence-corrected chi connectivity index (χ0v) is 12.3. The van der Waals surface area contributed by atoms with Crippen LogP contribution in [0, 0.1) is 0 Å². The molecule has 2 rings (SSSR count). The molecular weight excluding hydrogens is 321 g/mol. The number of hydrogen-bond acceptors (Lipinski definition) is 4. The summed E-state index contributed by atoms with van der Waals surface area (Å²) in [5.41, 5.74) is 5.75. The maximum absolute atomic E-state index is 12.4. The first-order valence-corrected chi connectivity index (χ1v) is 8.39. The van der Waals surface area contributed by atoms with Crippen molar-refractivity contribution >= 4 is 15.6 Å². The van der Waals surface area contributed by atoms with Gasteiger partial charge in [0.25, 0.3) is 5.91 Å². The van der Waals surface area contributed by atoms with E-state index in [1.54, 1.807) is 6.07 Å². The smallest absolute Gasteiger partial charge is 0.406 e. The van der Waals surface area contributed by atoms with Gasteiger partial charge >= 0.3 is 6.36 Å². The van der Waals surface area contributed by atoms with E-state index in [1.165, 1.54) is 18.2 Å². The number of carbonyl (C=O) groups excluding carboxylic acids is 1. The van der Waals surface area contributed by atoms with Gasteiger partial charge in [0.15, 0.2) is 0 Å². The maximum atomic E-state index is 12.4. The molecule has 0 saturated heterocycles. The monoisotopic (exact) mass is 336 g/mol. The minimum Gasteiger partial charge on any atom is -0.406 e. The van der Waals surface area contributed by atoms with Crippen LogP contribution in [0.2, 0.25) is 0 Å². The Morgan fingerprint density at radius 2 is 2.05 bits per heavy atom. The van der Waals surface area contributed by atoms with Gasteiger partial charge in [-0.05, 0) is 24.5 Å². The first-order valence-electron chi connectivity index (χ1n) is 6.54. The van der Waals surface area contributed by atoms with Gasteiger partial charge in [-0.3, -0.25) is 4.79 Å². The van der Waals surface area contributed by atoms with Crippen LogP contribution >= 0.6 is 0 Å². The van der Waals surface area contributed by atoms with Gasteiger partial charge in [-0.15, -0.1) is 13.2 Å². The van der Waals surface area contributed by atoms with Crippen molar-refractivity contribution in [1.82, 2.24) is 0 Å². The third-order valence-corrected chi connectivity index (χ3v) is 5.44. The highest BCUT2D eigenvalue weighted by molar-refractivity contribution is 7.93. The summed E-state index contributed by atoms with van der Waals surface area (Å²) in [7, 11) is -2.77. The second-order valence-corrected chi connectivity index (χ2v) is 7.46. The highest BCUT2D eigenvalue weighted by Crippen LogP contribution is 2.27. The summed E-state index contributed by atoms with van der Waals surface area (Å²) in [6.07, 6.45) is -4.46. The van der Waals surface area contributed by atoms with Gasteiger partial charge in [-0.25, -0.2) is 4.21 Å². The molecule has 0 radical (unpaired) electrons. The Bertz CT molecular complexity index is 681. The van der Waals surface area contributed by atoms with Crippen LogP contribution in [-0.4, -0.2) is 34.0 Å². The van der Waals surface area contributed by atoms with Gasteiger partial charge in [0.05, 0.1) is 15.8 Å². The lowest BCUT2D eigenvalue weighted by Gasteiger charge is -2.18. The number of carbonyl (C=O) groups is 1. The van der Waals surface area contributed by atoms with Crippen molar-refractivity contribution in [2.45, 2.75) is 25.2 Å². The van der Waals surface area contributed by atoms with E-state index < -0.39 is 28.0 Å². The average molecular weight is 336 g/mol. The molecule has 1 amide bonds. The summed E-state index contributed by atoms with van der Waals surface area (Å²) in [6, 6.07) is 4.88. The van der Waals surface area contributed by atoms with Gasteiger partial charge in [-0.1, -0.05) is 18.2 Å². The van der Waals surface area contributed by atoms with E-state index >= 15 is 0 Å². The molecule has 9 heteroatoms. The number of nitrogens with zero attached hydrogens (tertiary/aromatic N) is 1. The number of para-hydroxylation sites is 1. The Morgan fingerprint density at radius 1 is 1.36 bits per heavy atom. The molecule has 0 saturated carbocycles. The van der Waals surface area contributed by atoms with Crippen LogP contribution in [0.5, 0.6) is 5.75 Å². The first-order chi connectivity index (χ1) is 10.2. The number of alkyl halides is 3. The minimum absolute atomic E-state index is 0.0102. The molecule has 1 unspecified atom stereocenters. The van der Waals surface area contributed by atoms with E-state index in [4.69, 9.17) is 5.73 Å². The number of hydrogen-bond donors (Lipinski definition) is 1. The van der Waals surface area contributed by atoms with E-state index in [9.17, 15) is 22.2 Å². The third kappa shape index (κ3) is 4.44. The van der Waals surface area contributed by atoms with Crippen molar-refractivity contribution in [3.05, 3.63) is 29.8 Å². The van der Waals surface area contributed by atoms with Gasteiger partial charge in [0.2, 0.25) is 0 Å². The van der Waals surface area contributed by atoms with E-state index in [0.717, 1.165) is 0 Å². The zero-order valence-electron chi connectivity index (χ0n) is 11.5. The molecule has 0 spiro atoms. The van der Waals surface area contributed by atoms with E-state index in [1.807, 2.05) is 0 Å². The highest BCUT2D eigenvalue weighted by atomic mass is 32.2. The Hall–Kier alpha value is -1.61. The summed E-state index contributed by atoms with van der Waals surface area (Å²) >= 11 is 0. The van der Waals surface area contributed by atoms with Crippen LogP contribution in [0.1, 0.15) is 12.0 Å². The molecule has 22 heavy (non-hydrogen) atoms. The Balaban J connectivity index is 2.14. The molecule has 2 atom stereocenters. The molecule has 0 bridgehead atoms. The van der Waals surface area contributed by atoms with Crippen LogP contribution in [0.4, 0.5) is 13.2 Å². The molecular formula is C13H15F3N2O3S. The van der Waals surface area contributed by atoms with Gasteiger partial charge in [0.1, 0.15) is 5.75 Å². The van der Waals surface area contributed by atoms with Gasteiger partial charge < -0.3 is 10.5 Å². The number of aryl methyl sites for hydroxylation is 1.